The number of aromatic carboxylic acids is 1. The van der Waals surface area contributed by atoms with Crippen LogP contribution in [0.4, 0.5) is 0 Å². The van der Waals surface area contributed by atoms with E-state index in [4.69, 9.17) is 14.6 Å². The zero-order valence-corrected chi connectivity index (χ0v) is 17.0. The number of rotatable bonds is 11. The van der Waals surface area contributed by atoms with Crippen LogP contribution in [0.15, 0.2) is 72.8 Å². The summed E-state index contributed by atoms with van der Waals surface area (Å²) in [6.07, 6.45) is 1.93. The quantitative estimate of drug-likeness (QED) is 0.471. The molecule has 0 unspecified atom stereocenters. The zero-order chi connectivity index (χ0) is 22.1. The number of aryl methyl sites for hydroxylation is 2. The SMILES string of the molecule is O=C(O)COc1ccc(OCc2ccccc2)c(CCCc2ccccc2C(=O)O)c1. The highest BCUT2D eigenvalue weighted by atomic mass is 16.5. The van der Waals surface area contributed by atoms with Gasteiger partial charge in [0, 0.05) is 0 Å². The van der Waals surface area contributed by atoms with Gasteiger partial charge in [-0.15, -0.1) is 0 Å². The predicted molar refractivity (Wildman–Crippen MR) is 116 cm³/mol. The summed E-state index contributed by atoms with van der Waals surface area (Å²) in [5.41, 5.74) is 3.00. The third kappa shape index (κ3) is 6.60. The maximum absolute atomic E-state index is 11.4. The lowest BCUT2D eigenvalue weighted by Gasteiger charge is -2.14. The van der Waals surface area contributed by atoms with Crippen LogP contribution in [0.2, 0.25) is 0 Å². The number of hydrogen-bond donors (Lipinski definition) is 2. The van der Waals surface area contributed by atoms with Gasteiger partial charge in [0.05, 0.1) is 5.56 Å². The van der Waals surface area contributed by atoms with E-state index in [0.717, 1.165) is 16.7 Å². The molecule has 31 heavy (non-hydrogen) atoms. The zero-order valence-electron chi connectivity index (χ0n) is 17.0. The molecule has 0 aliphatic rings. The van der Waals surface area contributed by atoms with Crippen LogP contribution in [0.5, 0.6) is 11.5 Å². The van der Waals surface area contributed by atoms with E-state index >= 15 is 0 Å². The topological polar surface area (TPSA) is 93.1 Å². The maximum atomic E-state index is 11.4. The Balaban J connectivity index is 1.72. The van der Waals surface area contributed by atoms with Gasteiger partial charge in [-0.25, -0.2) is 9.59 Å². The molecule has 3 rings (SSSR count). The van der Waals surface area contributed by atoms with Gasteiger partial charge in [0.1, 0.15) is 18.1 Å². The predicted octanol–water partition coefficient (Wildman–Crippen LogP) is 4.60. The van der Waals surface area contributed by atoms with Crippen molar-refractivity contribution in [3.63, 3.8) is 0 Å². The molecule has 0 saturated carbocycles. The molecular formula is C25H24O6. The van der Waals surface area contributed by atoms with E-state index in [2.05, 4.69) is 0 Å². The monoisotopic (exact) mass is 420 g/mol. The molecule has 6 heteroatoms. The van der Waals surface area contributed by atoms with E-state index in [0.29, 0.717) is 42.9 Å². The van der Waals surface area contributed by atoms with Crippen molar-refractivity contribution in [1.29, 1.82) is 0 Å². The summed E-state index contributed by atoms with van der Waals surface area (Å²) >= 11 is 0. The molecular weight excluding hydrogens is 396 g/mol. The van der Waals surface area contributed by atoms with Crippen molar-refractivity contribution < 1.29 is 29.3 Å². The van der Waals surface area contributed by atoms with Crippen molar-refractivity contribution in [3.05, 3.63) is 95.1 Å². The Morgan fingerprint density at radius 2 is 1.48 bits per heavy atom. The van der Waals surface area contributed by atoms with Gasteiger partial charge >= 0.3 is 11.9 Å². The Hall–Kier alpha value is -3.80. The second-order valence-electron chi connectivity index (χ2n) is 7.04. The summed E-state index contributed by atoms with van der Waals surface area (Å²) in [5.74, 6) is -0.837. The third-order valence-corrected chi connectivity index (χ3v) is 4.77. The van der Waals surface area contributed by atoms with Crippen LogP contribution in [0.25, 0.3) is 0 Å². The Kier molecular flexibility index (Phi) is 7.65. The van der Waals surface area contributed by atoms with Gasteiger partial charge in [0.2, 0.25) is 0 Å². The summed E-state index contributed by atoms with van der Waals surface area (Å²) in [5, 5.41) is 18.2. The normalized spacial score (nSPS) is 10.5. The first kappa shape index (κ1) is 21.9. The lowest BCUT2D eigenvalue weighted by molar-refractivity contribution is -0.139. The fraction of sp³-hybridized carbons (Fsp3) is 0.200. The first-order valence-electron chi connectivity index (χ1n) is 9.98. The van der Waals surface area contributed by atoms with Crippen LogP contribution in [-0.2, 0) is 24.2 Å². The molecule has 160 valence electrons. The van der Waals surface area contributed by atoms with Gasteiger partial charge in [-0.1, -0.05) is 48.5 Å². The summed E-state index contributed by atoms with van der Waals surface area (Å²) in [6, 6.07) is 22.0. The van der Waals surface area contributed by atoms with Crippen molar-refractivity contribution in [1.82, 2.24) is 0 Å². The summed E-state index contributed by atoms with van der Waals surface area (Å²) in [7, 11) is 0. The highest BCUT2D eigenvalue weighted by Crippen LogP contribution is 2.27. The molecule has 6 nitrogen and oxygen atoms in total. The van der Waals surface area contributed by atoms with E-state index in [1.165, 1.54) is 0 Å². The van der Waals surface area contributed by atoms with Gasteiger partial charge in [-0.2, -0.15) is 0 Å². The van der Waals surface area contributed by atoms with Crippen LogP contribution in [0.1, 0.15) is 33.5 Å². The molecule has 0 fully saturated rings. The maximum Gasteiger partial charge on any atom is 0.341 e. The van der Waals surface area contributed by atoms with Crippen molar-refractivity contribution in [2.75, 3.05) is 6.61 Å². The Morgan fingerprint density at radius 3 is 2.23 bits per heavy atom. The van der Waals surface area contributed by atoms with Gasteiger partial charge in [-0.05, 0) is 60.2 Å². The Bertz CT molecular complexity index is 1030. The second kappa shape index (κ2) is 10.8. The van der Waals surface area contributed by atoms with Crippen molar-refractivity contribution in [2.24, 2.45) is 0 Å². The lowest BCUT2D eigenvalue weighted by atomic mass is 9.99. The van der Waals surface area contributed by atoms with E-state index in [-0.39, 0.29) is 0 Å². The molecule has 0 atom stereocenters. The summed E-state index contributed by atoms with van der Waals surface area (Å²) < 4.78 is 11.3. The number of hydrogen-bond acceptors (Lipinski definition) is 4. The molecule has 2 N–H and O–H groups in total. The van der Waals surface area contributed by atoms with E-state index in [9.17, 15) is 14.7 Å². The first-order chi connectivity index (χ1) is 15.0. The average molecular weight is 420 g/mol. The summed E-state index contributed by atoms with van der Waals surface area (Å²) in [6.45, 7) is -0.0132. The fourth-order valence-electron chi connectivity index (χ4n) is 3.28. The molecule has 0 amide bonds. The largest absolute Gasteiger partial charge is 0.489 e. The highest BCUT2D eigenvalue weighted by molar-refractivity contribution is 5.89. The molecule has 0 aromatic heterocycles. The minimum Gasteiger partial charge on any atom is -0.489 e. The summed E-state index contributed by atoms with van der Waals surface area (Å²) in [4.78, 5) is 22.2. The molecule has 0 bridgehead atoms. The minimum atomic E-state index is -1.05. The van der Waals surface area contributed by atoms with Gasteiger partial charge < -0.3 is 19.7 Å². The molecule has 0 spiro atoms. The van der Waals surface area contributed by atoms with E-state index in [1.54, 1.807) is 30.3 Å². The molecule has 0 saturated heterocycles. The fourth-order valence-corrected chi connectivity index (χ4v) is 3.28. The van der Waals surface area contributed by atoms with Crippen molar-refractivity contribution in [3.8, 4) is 11.5 Å². The Morgan fingerprint density at radius 1 is 0.774 bits per heavy atom. The molecule has 0 aliphatic heterocycles. The van der Waals surface area contributed by atoms with Crippen LogP contribution in [-0.4, -0.2) is 28.8 Å². The van der Waals surface area contributed by atoms with E-state index < -0.39 is 18.5 Å². The Labute approximate surface area is 180 Å². The molecule has 0 aliphatic carbocycles. The average Bonchev–Trinajstić information content (AvgIpc) is 2.78. The number of carboxylic acids is 2. The number of aliphatic carboxylic acids is 1. The van der Waals surface area contributed by atoms with Gasteiger partial charge in [-0.3, -0.25) is 0 Å². The number of carbonyl (C=O) groups is 2. The van der Waals surface area contributed by atoms with Crippen LogP contribution < -0.4 is 9.47 Å². The second-order valence-corrected chi connectivity index (χ2v) is 7.04. The first-order valence-corrected chi connectivity index (χ1v) is 9.98. The number of benzene rings is 3. The lowest BCUT2D eigenvalue weighted by Crippen LogP contribution is -2.09. The minimum absolute atomic E-state index is 0.307. The van der Waals surface area contributed by atoms with E-state index in [1.807, 2.05) is 42.5 Å². The van der Waals surface area contributed by atoms with Crippen LogP contribution >= 0.6 is 0 Å². The van der Waals surface area contributed by atoms with Crippen LogP contribution in [0, 0.1) is 0 Å². The molecule has 0 heterocycles. The molecule has 3 aromatic carbocycles. The van der Waals surface area contributed by atoms with Crippen LogP contribution in [0.3, 0.4) is 0 Å². The molecule has 0 radical (unpaired) electrons. The number of carboxylic acid groups (broad SMARTS) is 2. The number of ether oxygens (including phenoxy) is 2. The highest BCUT2D eigenvalue weighted by Gasteiger charge is 2.11. The third-order valence-electron chi connectivity index (χ3n) is 4.77. The van der Waals surface area contributed by atoms with Gasteiger partial charge in [0.15, 0.2) is 6.61 Å². The van der Waals surface area contributed by atoms with Crippen molar-refractivity contribution >= 4 is 11.9 Å². The molecule has 3 aromatic rings. The smallest absolute Gasteiger partial charge is 0.341 e. The van der Waals surface area contributed by atoms with Crippen molar-refractivity contribution in [2.45, 2.75) is 25.9 Å². The van der Waals surface area contributed by atoms with Gasteiger partial charge in [0.25, 0.3) is 0 Å². The standard InChI is InChI=1S/C25H24O6/c26-24(27)17-30-21-13-14-23(31-16-18-7-2-1-3-8-18)20(15-21)11-6-10-19-9-4-5-12-22(19)25(28)29/h1-5,7-9,12-15H,6,10-11,16-17H2,(H,26,27)(H,28,29).